The van der Waals surface area contributed by atoms with Crippen LogP contribution in [0.4, 0.5) is 4.79 Å². The van der Waals surface area contributed by atoms with E-state index in [9.17, 15) is 38.4 Å². The average Bonchev–Trinajstić information content (AvgIpc) is 3.47. The number of Topliss-reactive ketones (excluding diaryl/α,β-unsaturated/α-hetero) is 1. The number of ether oxygens (including phenoxy) is 2. The van der Waals surface area contributed by atoms with Gasteiger partial charge in [0.2, 0.25) is 29.4 Å². The Labute approximate surface area is 286 Å². The highest BCUT2D eigenvalue weighted by Gasteiger charge is 2.44. The van der Waals surface area contributed by atoms with Gasteiger partial charge >= 0.3 is 12.1 Å². The monoisotopic (exact) mass is 699 g/mol. The third-order valence-electron chi connectivity index (χ3n) is 7.51. The zero-order chi connectivity index (χ0) is 37.3. The molecule has 1 fully saturated rings. The normalized spacial score (nSPS) is 17.5. The van der Waals surface area contributed by atoms with Crippen LogP contribution in [0.15, 0.2) is 0 Å². The van der Waals surface area contributed by atoms with Gasteiger partial charge in [0.05, 0.1) is 25.3 Å². The lowest BCUT2D eigenvalue weighted by Crippen LogP contribution is -2.57. The van der Waals surface area contributed by atoms with Gasteiger partial charge in [0.15, 0.2) is 0 Å². The summed E-state index contributed by atoms with van der Waals surface area (Å²) in [4.78, 5) is 102. The number of nitrogens with two attached hydrogens (primary N) is 2. The van der Waals surface area contributed by atoms with Gasteiger partial charge < -0.3 is 52.2 Å². The summed E-state index contributed by atoms with van der Waals surface area (Å²) in [5.41, 5.74) is 10.8. The van der Waals surface area contributed by atoms with Crippen LogP contribution in [0.2, 0.25) is 0 Å². The van der Waals surface area contributed by atoms with E-state index in [-0.39, 0.29) is 38.3 Å². The zero-order valence-electron chi connectivity index (χ0n) is 29.0. The first-order valence-electron chi connectivity index (χ1n) is 16.5. The molecule has 0 aromatic carbocycles. The first-order valence-corrected chi connectivity index (χ1v) is 16.5. The number of aliphatic carboxylic acids is 1. The number of carboxylic acid groups (broad SMARTS) is 1. The fourth-order valence-electron chi connectivity index (χ4n) is 4.96. The van der Waals surface area contributed by atoms with Crippen molar-refractivity contribution < 1.29 is 52.9 Å². The van der Waals surface area contributed by atoms with Crippen LogP contribution in [0.25, 0.3) is 0 Å². The summed E-state index contributed by atoms with van der Waals surface area (Å²) in [7, 11) is 0. The Kier molecular flexibility index (Phi) is 18.8. The summed E-state index contributed by atoms with van der Waals surface area (Å²) in [5, 5.41) is 18.7. The second-order valence-corrected chi connectivity index (χ2v) is 12.6. The van der Waals surface area contributed by atoms with Gasteiger partial charge in [-0.3, -0.25) is 28.8 Å². The number of carbonyl (C=O) groups is 8. The maximum atomic E-state index is 13.8. The summed E-state index contributed by atoms with van der Waals surface area (Å²) >= 11 is 0. The van der Waals surface area contributed by atoms with E-state index in [2.05, 4.69) is 21.3 Å². The molecule has 1 aliphatic heterocycles. The third kappa shape index (κ3) is 15.2. The van der Waals surface area contributed by atoms with Gasteiger partial charge in [-0.2, -0.15) is 0 Å². The SMILES string of the molecule is CCCC(NC(=O)[C@@H]1C[C@@H](OCC(=O)O)CN1C(=O)C(NC(=O)OCC(C)C)C(C)C)C(=O)C(=O)NCC(=O)NC(CCCCN)C(N)=O. The van der Waals surface area contributed by atoms with Crippen LogP contribution in [-0.2, 0) is 43.0 Å². The van der Waals surface area contributed by atoms with Crippen molar-refractivity contribution in [2.45, 2.75) is 103 Å². The second kappa shape index (κ2) is 21.6. The number of likely N-dealkylation sites (tertiary alicyclic amines) is 1. The van der Waals surface area contributed by atoms with E-state index >= 15 is 0 Å². The molecule has 0 radical (unpaired) electrons. The van der Waals surface area contributed by atoms with Crippen molar-refractivity contribution in [3.63, 3.8) is 0 Å². The fourth-order valence-corrected chi connectivity index (χ4v) is 4.96. The zero-order valence-corrected chi connectivity index (χ0v) is 29.0. The largest absolute Gasteiger partial charge is 0.480 e. The van der Waals surface area contributed by atoms with E-state index in [0.717, 1.165) is 4.90 Å². The topological polar surface area (TPSA) is 279 Å². The second-order valence-electron chi connectivity index (χ2n) is 12.6. The van der Waals surface area contributed by atoms with Crippen LogP contribution in [0, 0.1) is 11.8 Å². The van der Waals surface area contributed by atoms with Crippen LogP contribution in [0.3, 0.4) is 0 Å². The predicted molar refractivity (Wildman–Crippen MR) is 174 cm³/mol. The van der Waals surface area contributed by atoms with Crippen LogP contribution >= 0.6 is 0 Å². The Balaban J connectivity index is 3.07. The highest BCUT2D eigenvalue weighted by molar-refractivity contribution is 6.38. The first-order chi connectivity index (χ1) is 23.0. The van der Waals surface area contributed by atoms with Crippen LogP contribution < -0.4 is 32.7 Å². The Hall–Kier alpha value is -4.32. The molecular weight excluding hydrogens is 646 g/mol. The van der Waals surface area contributed by atoms with Crippen LogP contribution in [0.1, 0.15) is 73.1 Å². The molecule has 9 N–H and O–H groups in total. The number of hydrogen-bond acceptors (Lipinski definition) is 11. The number of primary amides is 1. The number of nitrogens with zero attached hydrogens (tertiary/aromatic N) is 1. The molecule has 18 heteroatoms. The number of carboxylic acids is 1. The summed E-state index contributed by atoms with van der Waals surface area (Å²) in [6.45, 7) is 7.74. The molecule has 0 bridgehead atoms. The van der Waals surface area contributed by atoms with Gasteiger partial charge in [-0.25, -0.2) is 9.59 Å². The molecule has 0 spiro atoms. The molecule has 1 rings (SSSR count). The molecule has 6 amide bonds. The maximum Gasteiger partial charge on any atom is 0.407 e. The van der Waals surface area contributed by atoms with Crippen molar-refractivity contribution in [1.29, 1.82) is 0 Å². The molecule has 0 saturated carbocycles. The van der Waals surface area contributed by atoms with E-state index in [4.69, 9.17) is 26.0 Å². The van der Waals surface area contributed by atoms with Crippen molar-refractivity contribution in [3.05, 3.63) is 0 Å². The number of amides is 6. The van der Waals surface area contributed by atoms with Gasteiger partial charge in [0.1, 0.15) is 24.7 Å². The van der Waals surface area contributed by atoms with Gasteiger partial charge in [-0.15, -0.1) is 0 Å². The van der Waals surface area contributed by atoms with Crippen LogP contribution in [-0.4, -0.2) is 121 Å². The molecule has 278 valence electrons. The number of hydrogen-bond donors (Lipinski definition) is 7. The van der Waals surface area contributed by atoms with E-state index in [1.54, 1.807) is 20.8 Å². The van der Waals surface area contributed by atoms with Crippen molar-refractivity contribution in [3.8, 4) is 0 Å². The lowest BCUT2D eigenvalue weighted by atomic mass is 10.0. The Morgan fingerprint density at radius 1 is 0.939 bits per heavy atom. The Bertz CT molecular complexity index is 1180. The number of alkyl carbamates (subject to hydrolysis) is 1. The number of ketones is 1. The van der Waals surface area contributed by atoms with Crippen LogP contribution in [0.5, 0.6) is 0 Å². The Morgan fingerprint density at radius 3 is 2.16 bits per heavy atom. The van der Waals surface area contributed by atoms with Gasteiger partial charge in [0.25, 0.3) is 5.91 Å². The molecule has 1 saturated heterocycles. The van der Waals surface area contributed by atoms with Crippen molar-refractivity contribution in [2.24, 2.45) is 23.3 Å². The molecule has 5 atom stereocenters. The minimum absolute atomic E-state index is 0.0343. The smallest absolute Gasteiger partial charge is 0.407 e. The van der Waals surface area contributed by atoms with Crippen molar-refractivity contribution in [2.75, 3.05) is 32.8 Å². The van der Waals surface area contributed by atoms with Crippen molar-refractivity contribution >= 4 is 47.4 Å². The summed E-state index contributed by atoms with van der Waals surface area (Å²) in [5.74, 6) is -6.87. The molecular formula is C31H53N7O11. The summed E-state index contributed by atoms with van der Waals surface area (Å²) in [6.07, 6.45) is -0.0314. The van der Waals surface area contributed by atoms with E-state index in [1.165, 1.54) is 0 Å². The molecule has 1 aliphatic rings. The van der Waals surface area contributed by atoms with E-state index in [0.29, 0.717) is 25.8 Å². The van der Waals surface area contributed by atoms with Crippen molar-refractivity contribution in [1.82, 2.24) is 26.2 Å². The summed E-state index contributed by atoms with van der Waals surface area (Å²) < 4.78 is 10.5. The highest BCUT2D eigenvalue weighted by Crippen LogP contribution is 2.24. The minimum Gasteiger partial charge on any atom is -0.480 e. The first kappa shape index (κ1) is 42.7. The molecule has 18 nitrogen and oxygen atoms in total. The number of carbonyl (C=O) groups excluding carboxylic acids is 7. The molecule has 3 unspecified atom stereocenters. The third-order valence-corrected chi connectivity index (χ3v) is 7.51. The molecule has 1 heterocycles. The lowest BCUT2D eigenvalue weighted by molar-refractivity contribution is -0.144. The minimum atomic E-state index is -1.34. The highest BCUT2D eigenvalue weighted by atomic mass is 16.5. The van der Waals surface area contributed by atoms with Gasteiger partial charge in [-0.05, 0) is 44.1 Å². The average molecular weight is 700 g/mol. The predicted octanol–water partition coefficient (Wildman–Crippen LogP) is -1.47. The Morgan fingerprint density at radius 2 is 1.61 bits per heavy atom. The van der Waals surface area contributed by atoms with Gasteiger partial charge in [-0.1, -0.05) is 41.0 Å². The number of unbranched alkanes of at least 4 members (excludes halogenated alkanes) is 1. The fraction of sp³-hybridized carbons (Fsp3) is 0.742. The number of rotatable bonds is 22. The maximum absolute atomic E-state index is 13.8. The molecule has 49 heavy (non-hydrogen) atoms. The van der Waals surface area contributed by atoms with E-state index < -0.39 is 96.7 Å². The molecule has 0 aromatic rings. The number of nitrogens with one attached hydrogen (secondary N) is 4. The standard InChI is InChI=1S/C31H53N7O11/c1-6-9-20(26(42)29(45)34-13-23(39)35-21(27(33)43)10-7-8-11-32)36-28(44)22-12-19(48-16-24(40)41)14-38(22)30(46)25(18(4)5)37-31(47)49-15-17(2)3/h17-22,25H,6-16,32H2,1-5H3,(H2,33,43)(H,34,45)(H,35,39)(H,36,44)(H,37,47)(H,40,41)/t19-,20?,21?,22+,25?/m1/s1. The summed E-state index contributed by atoms with van der Waals surface area (Å²) in [6, 6.07) is -4.69. The molecule has 0 aliphatic carbocycles. The van der Waals surface area contributed by atoms with E-state index in [1.807, 2.05) is 13.8 Å². The lowest BCUT2D eigenvalue weighted by Gasteiger charge is -2.31. The quantitative estimate of drug-likeness (QED) is 0.0504. The molecule has 0 aromatic heterocycles. The van der Waals surface area contributed by atoms with Gasteiger partial charge in [0, 0.05) is 13.0 Å².